The Morgan fingerprint density at radius 3 is 3.17 bits per heavy atom. The van der Waals surface area contributed by atoms with Crippen LogP contribution in [0.1, 0.15) is 16.7 Å². The van der Waals surface area contributed by atoms with Crippen LogP contribution in [0.25, 0.3) is 6.08 Å². The molecule has 0 N–H and O–H groups in total. The van der Waals surface area contributed by atoms with Crippen molar-refractivity contribution in [1.29, 1.82) is 5.26 Å². The van der Waals surface area contributed by atoms with Crippen LogP contribution in [0.3, 0.4) is 0 Å². The minimum atomic E-state index is 0.571. The van der Waals surface area contributed by atoms with Gasteiger partial charge in [0.1, 0.15) is 6.61 Å². The second-order valence-corrected chi connectivity index (χ2v) is 2.60. The molecule has 0 aliphatic carbocycles. The molecule has 0 radical (unpaired) electrons. The summed E-state index contributed by atoms with van der Waals surface area (Å²) in [5.41, 5.74) is 2.79. The molecule has 0 amide bonds. The minimum absolute atomic E-state index is 0.571. The van der Waals surface area contributed by atoms with Gasteiger partial charge in [0.05, 0.1) is 17.9 Å². The molecule has 0 spiro atoms. The van der Waals surface area contributed by atoms with Crippen molar-refractivity contribution in [2.24, 2.45) is 0 Å². The van der Waals surface area contributed by atoms with Crippen LogP contribution in [-0.4, -0.2) is 0 Å². The van der Waals surface area contributed by atoms with Crippen LogP contribution in [0.2, 0.25) is 0 Å². The minimum Gasteiger partial charge on any atom is -0.496 e. The van der Waals surface area contributed by atoms with Gasteiger partial charge in [-0.2, -0.15) is 5.26 Å². The lowest BCUT2D eigenvalue weighted by atomic mass is 10.0. The Morgan fingerprint density at radius 2 is 2.33 bits per heavy atom. The summed E-state index contributed by atoms with van der Waals surface area (Å²) in [6.45, 7) is 0.571. The van der Waals surface area contributed by atoms with Gasteiger partial charge in [-0.25, -0.2) is 0 Å². The molecule has 2 rings (SSSR count). The smallest absolute Gasteiger partial charge is 0.113 e. The molecule has 0 saturated carbocycles. The molecule has 0 fully saturated rings. The Morgan fingerprint density at radius 1 is 1.42 bits per heavy atom. The Kier molecular flexibility index (Phi) is 1.56. The van der Waals surface area contributed by atoms with Gasteiger partial charge in [-0.05, 0) is 17.7 Å². The summed E-state index contributed by atoms with van der Waals surface area (Å²) in [6, 6.07) is 7.81. The predicted molar refractivity (Wildman–Crippen MR) is 45.0 cm³/mol. The van der Waals surface area contributed by atoms with Crippen molar-refractivity contribution < 1.29 is 4.74 Å². The summed E-state index contributed by atoms with van der Waals surface area (Å²) in [7, 11) is 0. The van der Waals surface area contributed by atoms with Gasteiger partial charge in [0, 0.05) is 5.56 Å². The lowest BCUT2D eigenvalue weighted by molar-refractivity contribution is 0.234. The van der Waals surface area contributed by atoms with Crippen molar-refractivity contribution in [1.82, 2.24) is 0 Å². The van der Waals surface area contributed by atoms with E-state index < -0.39 is 0 Å². The van der Waals surface area contributed by atoms with Crippen LogP contribution in [0.5, 0.6) is 0 Å². The first-order chi connectivity index (χ1) is 5.92. The van der Waals surface area contributed by atoms with E-state index >= 15 is 0 Å². The quantitative estimate of drug-likeness (QED) is 0.577. The zero-order valence-corrected chi connectivity index (χ0v) is 6.45. The largest absolute Gasteiger partial charge is 0.496 e. The third kappa shape index (κ3) is 0.960. The third-order valence-corrected chi connectivity index (χ3v) is 1.89. The Labute approximate surface area is 70.7 Å². The second-order valence-electron chi connectivity index (χ2n) is 2.60. The fraction of sp³-hybridized carbons (Fsp3) is 0.100. The van der Waals surface area contributed by atoms with Gasteiger partial charge in [-0.15, -0.1) is 0 Å². The highest BCUT2D eigenvalue weighted by atomic mass is 16.5. The molecule has 1 aliphatic heterocycles. The summed E-state index contributed by atoms with van der Waals surface area (Å²) in [6.07, 6.45) is 3.46. The zero-order chi connectivity index (χ0) is 8.39. The molecule has 1 aliphatic rings. The maximum Gasteiger partial charge on any atom is 0.113 e. The van der Waals surface area contributed by atoms with Crippen LogP contribution in [0, 0.1) is 11.3 Å². The Hall–Kier alpha value is -1.75. The highest BCUT2D eigenvalue weighted by Gasteiger charge is 2.07. The SMILES string of the molecule is N#Cc1cccc2c1C=COC2. The summed E-state index contributed by atoms with van der Waals surface area (Å²) < 4.78 is 5.11. The number of benzene rings is 1. The molecule has 1 aromatic carbocycles. The van der Waals surface area contributed by atoms with E-state index in [1.165, 1.54) is 0 Å². The molecular formula is C10H7NO. The lowest BCUT2D eigenvalue weighted by Gasteiger charge is -2.11. The molecule has 0 saturated heterocycles. The first-order valence-corrected chi connectivity index (χ1v) is 3.72. The van der Waals surface area contributed by atoms with Crippen LogP contribution in [-0.2, 0) is 11.3 Å². The first-order valence-electron chi connectivity index (χ1n) is 3.72. The van der Waals surface area contributed by atoms with Crippen molar-refractivity contribution >= 4 is 6.08 Å². The maximum absolute atomic E-state index is 8.77. The average Bonchev–Trinajstić information content (AvgIpc) is 2.17. The normalized spacial score (nSPS) is 12.9. The molecule has 58 valence electrons. The summed E-state index contributed by atoms with van der Waals surface area (Å²) in [5, 5.41) is 8.77. The van der Waals surface area contributed by atoms with Gasteiger partial charge in [-0.3, -0.25) is 0 Å². The monoisotopic (exact) mass is 157 g/mol. The van der Waals surface area contributed by atoms with Crippen LogP contribution in [0.15, 0.2) is 24.5 Å². The Balaban J connectivity index is 2.64. The van der Waals surface area contributed by atoms with E-state index in [2.05, 4.69) is 6.07 Å². The molecule has 1 aromatic rings. The standard InChI is InChI=1S/C10H7NO/c11-6-8-2-1-3-9-7-12-5-4-10(8)9/h1-5H,7H2. The van der Waals surface area contributed by atoms with Crippen molar-refractivity contribution in [3.8, 4) is 6.07 Å². The van der Waals surface area contributed by atoms with E-state index in [4.69, 9.17) is 10.00 Å². The highest BCUT2D eigenvalue weighted by molar-refractivity contribution is 5.62. The topological polar surface area (TPSA) is 33.0 Å². The van der Waals surface area contributed by atoms with Gasteiger partial charge in [-0.1, -0.05) is 12.1 Å². The van der Waals surface area contributed by atoms with Crippen molar-refractivity contribution in [2.45, 2.75) is 6.61 Å². The Bertz CT molecular complexity index is 374. The average molecular weight is 157 g/mol. The molecule has 2 nitrogen and oxygen atoms in total. The van der Waals surface area contributed by atoms with E-state index in [9.17, 15) is 0 Å². The molecule has 0 atom stereocenters. The number of ether oxygens (including phenoxy) is 1. The molecule has 12 heavy (non-hydrogen) atoms. The fourth-order valence-electron chi connectivity index (χ4n) is 1.29. The van der Waals surface area contributed by atoms with Crippen molar-refractivity contribution in [3.63, 3.8) is 0 Å². The zero-order valence-electron chi connectivity index (χ0n) is 6.45. The summed E-state index contributed by atoms with van der Waals surface area (Å²) in [4.78, 5) is 0. The lowest BCUT2D eigenvalue weighted by Crippen LogP contribution is -1.98. The van der Waals surface area contributed by atoms with Gasteiger partial charge in [0.25, 0.3) is 0 Å². The molecule has 0 unspecified atom stereocenters. The van der Waals surface area contributed by atoms with Crippen LogP contribution < -0.4 is 0 Å². The number of hydrogen-bond donors (Lipinski definition) is 0. The predicted octanol–water partition coefficient (Wildman–Crippen LogP) is 2.06. The van der Waals surface area contributed by atoms with Gasteiger partial charge in [0.2, 0.25) is 0 Å². The van der Waals surface area contributed by atoms with E-state index in [1.807, 2.05) is 24.3 Å². The van der Waals surface area contributed by atoms with Gasteiger partial charge >= 0.3 is 0 Å². The van der Waals surface area contributed by atoms with Gasteiger partial charge in [0.15, 0.2) is 0 Å². The molecular weight excluding hydrogens is 150 g/mol. The number of nitriles is 1. The van der Waals surface area contributed by atoms with E-state index in [1.54, 1.807) is 6.26 Å². The summed E-state index contributed by atoms with van der Waals surface area (Å²) in [5.74, 6) is 0. The fourth-order valence-corrected chi connectivity index (χ4v) is 1.29. The van der Waals surface area contributed by atoms with E-state index in [0.29, 0.717) is 12.2 Å². The number of hydrogen-bond acceptors (Lipinski definition) is 2. The highest BCUT2D eigenvalue weighted by Crippen LogP contribution is 2.20. The molecule has 2 heteroatoms. The van der Waals surface area contributed by atoms with Gasteiger partial charge < -0.3 is 4.74 Å². The summed E-state index contributed by atoms with van der Waals surface area (Å²) >= 11 is 0. The number of nitrogens with zero attached hydrogens (tertiary/aromatic N) is 1. The first kappa shape index (κ1) is 6.93. The maximum atomic E-state index is 8.77. The van der Waals surface area contributed by atoms with Crippen LogP contribution >= 0.6 is 0 Å². The van der Waals surface area contributed by atoms with E-state index in [0.717, 1.165) is 11.1 Å². The van der Waals surface area contributed by atoms with Crippen molar-refractivity contribution in [3.05, 3.63) is 41.2 Å². The number of fused-ring (bicyclic) bond motifs is 1. The number of rotatable bonds is 0. The van der Waals surface area contributed by atoms with Crippen LogP contribution in [0.4, 0.5) is 0 Å². The molecule has 0 bridgehead atoms. The van der Waals surface area contributed by atoms with E-state index in [-0.39, 0.29) is 0 Å². The third-order valence-electron chi connectivity index (χ3n) is 1.89. The van der Waals surface area contributed by atoms with Crippen molar-refractivity contribution in [2.75, 3.05) is 0 Å². The molecule has 1 heterocycles. The molecule has 0 aromatic heterocycles. The second kappa shape index (κ2) is 2.71.